The Kier molecular flexibility index (Phi) is 2.66. The third kappa shape index (κ3) is 1.60. The summed E-state index contributed by atoms with van der Waals surface area (Å²) in [5.74, 6) is -0.0186. The summed E-state index contributed by atoms with van der Waals surface area (Å²) < 4.78 is 0. The van der Waals surface area contributed by atoms with Gasteiger partial charge in [0.1, 0.15) is 5.88 Å². The minimum atomic E-state index is -0.0484. The van der Waals surface area contributed by atoms with Crippen molar-refractivity contribution in [2.45, 2.75) is 6.42 Å². The van der Waals surface area contributed by atoms with Gasteiger partial charge in [-0.2, -0.15) is 0 Å². The van der Waals surface area contributed by atoms with Crippen LogP contribution < -0.4 is 4.90 Å². The first-order valence-corrected chi connectivity index (χ1v) is 5.28. The minimum Gasteiger partial charge on any atom is -0.311 e. The largest absolute Gasteiger partial charge is 0.311 e. The number of carbonyl (C=O) groups excluding carboxylic acids is 1. The van der Waals surface area contributed by atoms with Crippen LogP contribution in [0.2, 0.25) is 5.02 Å². The summed E-state index contributed by atoms with van der Waals surface area (Å²) in [6, 6.07) is 5.56. The quantitative estimate of drug-likeness (QED) is 0.678. The molecule has 74 valence electrons. The predicted molar refractivity (Wildman–Crippen MR) is 58.2 cm³/mol. The first-order valence-electron chi connectivity index (χ1n) is 4.37. The van der Waals surface area contributed by atoms with Crippen molar-refractivity contribution in [1.29, 1.82) is 0 Å². The fourth-order valence-electron chi connectivity index (χ4n) is 1.70. The number of anilines is 1. The third-order valence-electron chi connectivity index (χ3n) is 2.35. The highest BCUT2D eigenvalue weighted by Crippen LogP contribution is 2.30. The van der Waals surface area contributed by atoms with Crippen LogP contribution >= 0.6 is 23.2 Å². The minimum absolute atomic E-state index is 0.0298. The van der Waals surface area contributed by atoms with Gasteiger partial charge < -0.3 is 4.90 Å². The van der Waals surface area contributed by atoms with Crippen LogP contribution in [-0.2, 0) is 11.2 Å². The first-order chi connectivity index (χ1) is 6.72. The van der Waals surface area contributed by atoms with Crippen LogP contribution in [0.1, 0.15) is 5.56 Å². The van der Waals surface area contributed by atoms with E-state index in [2.05, 4.69) is 0 Å². The maximum absolute atomic E-state index is 11.4. The van der Waals surface area contributed by atoms with Crippen LogP contribution in [0.4, 0.5) is 5.69 Å². The van der Waals surface area contributed by atoms with E-state index in [0.29, 0.717) is 11.6 Å². The number of amides is 1. The van der Waals surface area contributed by atoms with Gasteiger partial charge in [-0.15, -0.1) is 11.6 Å². The Morgan fingerprint density at radius 1 is 1.50 bits per heavy atom. The van der Waals surface area contributed by atoms with Crippen molar-refractivity contribution in [1.82, 2.24) is 0 Å². The fraction of sp³-hybridized carbons (Fsp3) is 0.300. The maximum Gasteiger partial charge on any atom is 0.241 e. The number of rotatable bonds is 1. The van der Waals surface area contributed by atoms with Crippen LogP contribution in [-0.4, -0.2) is 18.3 Å². The van der Waals surface area contributed by atoms with E-state index in [1.165, 1.54) is 0 Å². The van der Waals surface area contributed by atoms with Gasteiger partial charge in [-0.1, -0.05) is 11.6 Å². The molecule has 0 radical (unpaired) electrons. The average Bonchev–Trinajstić information content (AvgIpc) is 2.59. The van der Waals surface area contributed by atoms with E-state index in [4.69, 9.17) is 23.2 Å². The van der Waals surface area contributed by atoms with E-state index in [1.807, 2.05) is 12.1 Å². The summed E-state index contributed by atoms with van der Waals surface area (Å²) in [5.41, 5.74) is 2.07. The molecule has 0 N–H and O–H groups in total. The number of nitrogens with zero attached hydrogens (tertiary/aromatic N) is 1. The number of carbonyl (C=O) groups is 1. The van der Waals surface area contributed by atoms with E-state index in [1.54, 1.807) is 11.0 Å². The van der Waals surface area contributed by atoms with Crippen LogP contribution in [0.3, 0.4) is 0 Å². The Morgan fingerprint density at radius 2 is 2.29 bits per heavy atom. The van der Waals surface area contributed by atoms with Gasteiger partial charge in [0.25, 0.3) is 0 Å². The van der Waals surface area contributed by atoms with Crippen molar-refractivity contribution in [2.24, 2.45) is 0 Å². The van der Waals surface area contributed by atoms with E-state index in [9.17, 15) is 4.79 Å². The summed E-state index contributed by atoms with van der Waals surface area (Å²) >= 11 is 11.4. The maximum atomic E-state index is 11.4. The molecule has 0 unspecified atom stereocenters. The highest BCUT2D eigenvalue weighted by molar-refractivity contribution is 6.31. The Hall–Kier alpha value is -0.730. The summed E-state index contributed by atoms with van der Waals surface area (Å²) in [5, 5.41) is 0.712. The van der Waals surface area contributed by atoms with Gasteiger partial charge in [-0.3, -0.25) is 4.79 Å². The second-order valence-electron chi connectivity index (χ2n) is 3.20. The molecule has 0 spiro atoms. The molecule has 1 aromatic carbocycles. The summed E-state index contributed by atoms with van der Waals surface area (Å²) in [6.07, 6.45) is 0.860. The van der Waals surface area contributed by atoms with Gasteiger partial charge in [0.05, 0.1) is 0 Å². The van der Waals surface area contributed by atoms with Crippen LogP contribution in [0.25, 0.3) is 0 Å². The van der Waals surface area contributed by atoms with Gasteiger partial charge in [0.2, 0.25) is 5.91 Å². The Bertz CT molecular complexity index is 378. The Morgan fingerprint density at radius 3 is 3.00 bits per heavy atom. The highest BCUT2D eigenvalue weighted by atomic mass is 35.5. The lowest BCUT2D eigenvalue weighted by Gasteiger charge is -2.15. The van der Waals surface area contributed by atoms with E-state index in [-0.39, 0.29) is 11.8 Å². The molecule has 1 amide bonds. The number of fused-ring (bicyclic) bond motifs is 1. The van der Waals surface area contributed by atoms with Crippen LogP contribution in [0, 0.1) is 0 Å². The molecule has 4 heteroatoms. The van der Waals surface area contributed by atoms with Gasteiger partial charge in [-0.05, 0) is 30.2 Å². The molecule has 0 aromatic heterocycles. The van der Waals surface area contributed by atoms with Crippen LogP contribution in [0.15, 0.2) is 18.2 Å². The highest BCUT2D eigenvalue weighted by Gasteiger charge is 2.23. The van der Waals surface area contributed by atoms with Gasteiger partial charge >= 0.3 is 0 Å². The van der Waals surface area contributed by atoms with Gasteiger partial charge in [0, 0.05) is 17.3 Å². The molecule has 0 fully saturated rings. The zero-order chi connectivity index (χ0) is 10.1. The fourth-order valence-corrected chi connectivity index (χ4v) is 2.04. The average molecular weight is 230 g/mol. The van der Waals surface area contributed by atoms with Gasteiger partial charge in [-0.25, -0.2) is 0 Å². The van der Waals surface area contributed by atoms with Crippen molar-refractivity contribution in [3.05, 3.63) is 28.8 Å². The molecule has 0 saturated carbocycles. The van der Waals surface area contributed by atoms with E-state index in [0.717, 1.165) is 17.7 Å². The van der Waals surface area contributed by atoms with Crippen molar-refractivity contribution in [3.8, 4) is 0 Å². The van der Waals surface area contributed by atoms with Crippen molar-refractivity contribution in [3.63, 3.8) is 0 Å². The van der Waals surface area contributed by atoms with Crippen molar-refractivity contribution in [2.75, 3.05) is 17.3 Å². The molecule has 0 aliphatic carbocycles. The molecule has 0 bridgehead atoms. The first kappa shape index (κ1) is 9.81. The molecule has 2 nitrogen and oxygen atoms in total. The molecule has 1 aliphatic heterocycles. The number of halogens is 2. The smallest absolute Gasteiger partial charge is 0.241 e. The normalized spacial score (nSPS) is 14.3. The topological polar surface area (TPSA) is 20.3 Å². The van der Waals surface area contributed by atoms with Crippen molar-refractivity contribution < 1.29 is 4.79 Å². The summed E-state index contributed by atoms with van der Waals surface area (Å²) in [4.78, 5) is 13.1. The zero-order valence-corrected chi connectivity index (χ0v) is 8.98. The number of hydrogen-bond donors (Lipinski definition) is 0. The third-order valence-corrected chi connectivity index (χ3v) is 2.82. The predicted octanol–water partition coefficient (Wildman–Crippen LogP) is 2.47. The summed E-state index contributed by atoms with van der Waals surface area (Å²) in [7, 11) is 0. The monoisotopic (exact) mass is 229 g/mol. The number of hydrogen-bond acceptors (Lipinski definition) is 1. The Balaban J connectivity index is 2.35. The lowest BCUT2D eigenvalue weighted by Crippen LogP contribution is -2.29. The van der Waals surface area contributed by atoms with Crippen molar-refractivity contribution >= 4 is 34.8 Å². The lowest BCUT2D eigenvalue weighted by atomic mass is 10.2. The SMILES string of the molecule is O=C(CCl)N1CCc2cc(Cl)ccc21. The molecular weight excluding hydrogens is 221 g/mol. The Labute approximate surface area is 92.4 Å². The second-order valence-corrected chi connectivity index (χ2v) is 3.91. The van der Waals surface area contributed by atoms with Gasteiger partial charge in [0.15, 0.2) is 0 Å². The molecule has 14 heavy (non-hydrogen) atoms. The molecule has 1 aromatic rings. The second kappa shape index (κ2) is 3.79. The standard InChI is InChI=1S/C10H9Cl2NO/c11-6-10(14)13-4-3-7-5-8(12)1-2-9(7)13/h1-2,5H,3-4,6H2. The summed E-state index contributed by atoms with van der Waals surface area (Å²) in [6.45, 7) is 0.710. The molecular formula is C10H9Cl2NO. The molecule has 2 rings (SSSR count). The van der Waals surface area contributed by atoms with E-state index < -0.39 is 0 Å². The molecule has 1 aliphatic rings. The molecule has 0 atom stereocenters. The number of alkyl halides is 1. The molecule has 1 heterocycles. The lowest BCUT2D eigenvalue weighted by molar-refractivity contribution is -0.116. The zero-order valence-electron chi connectivity index (χ0n) is 7.46. The van der Waals surface area contributed by atoms with Crippen LogP contribution in [0.5, 0.6) is 0 Å². The number of benzene rings is 1. The van der Waals surface area contributed by atoms with E-state index >= 15 is 0 Å². The molecule has 0 saturated heterocycles.